The van der Waals surface area contributed by atoms with Crippen LogP contribution in [-0.4, -0.2) is 42.2 Å². The summed E-state index contributed by atoms with van der Waals surface area (Å²) in [5, 5.41) is 4.35. The number of methoxy groups -OCH3 is 1. The molecule has 2 aliphatic rings. The van der Waals surface area contributed by atoms with E-state index in [0.29, 0.717) is 29.7 Å². The molecule has 2 unspecified atom stereocenters. The molecule has 2 atom stereocenters. The molecule has 2 heterocycles. The molecule has 1 aromatic carbocycles. The van der Waals surface area contributed by atoms with Crippen molar-refractivity contribution in [1.29, 1.82) is 0 Å². The van der Waals surface area contributed by atoms with Gasteiger partial charge in [-0.3, -0.25) is 4.79 Å². The first-order valence-corrected chi connectivity index (χ1v) is 13.2. The highest BCUT2D eigenvalue weighted by atomic mass is 32.2. The number of aromatic nitrogens is 1. The van der Waals surface area contributed by atoms with Crippen molar-refractivity contribution in [2.45, 2.75) is 63.9 Å². The van der Waals surface area contributed by atoms with Gasteiger partial charge in [0.25, 0.3) is 0 Å². The molecule has 1 aliphatic carbocycles. The van der Waals surface area contributed by atoms with Gasteiger partial charge in [0.15, 0.2) is 5.78 Å². The van der Waals surface area contributed by atoms with E-state index >= 15 is 0 Å². The van der Waals surface area contributed by atoms with Crippen molar-refractivity contribution < 1.29 is 14.3 Å². The third-order valence-corrected chi connectivity index (χ3v) is 7.78. The Morgan fingerprint density at radius 3 is 2.44 bits per heavy atom. The minimum absolute atomic E-state index is 0.304. The Labute approximate surface area is 206 Å². The van der Waals surface area contributed by atoms with Gasteiger partial charge in [-0.05, 0) is 78.7 Å². The number of Topliss-reactive ketones (excluding diaryl/α,β-unsaturated/α-hetero) is 1. The van der Waals surface area contributed by atoms with Gasteiger partial charge in [0, 0.05) is 30.8 Å². The normalized spacial score (nSPS) is 19.9. The third-order valence-electron chi connectivity index (χ3n) is 6.80. The topological polar surface area (TPSA) is 78.2 Å². The fourth-order valence-electron chi connectivity index (χ4n) is 5.01. The lowest BCUT2D eigenvalue weighted by atomic mass is 9.75. The van der Waals surface area contributed by atoms with E-state index in [0.717, 1.165) is 48.6 Å². The summed E-state index contributed by atoms with van der Waals surface area (Å²) in [6, 6.07) is 8.46. The Balaban J connectivity index is 1.50. The minimum atomic E-state index is -0.375. The highest BCUT2D eigenvalue weighted by Crippen LogP contribution is 2.41. The van der Waals surface area contributed by atoms with E-state index in [1.807, 2.05) is 6.07 Å². The Kier molecular flexibility index (Phi) is 7.89. The fourth-order valence-corrected chi connectivity index (χ4v) is 5.96. The van der Waals surface area contributed by atoms with E-state index in [1.165, 1.54) is 34.9 Å². The molecular weight excluding hydrogens is 444 g/mol. The number of aryl methyl sites for hydroxylation is 3. The summed E-state index contributed by atoms with van der Waals surface area (Å²) in [5.74, 6) is 1.18. The molecule has 0 radical (unpaired) electrons. The Morgan fingerprint density at radius 2 is 1.88 bits per heavy atom. The summed E-state index contributed by atoms with van der Waals surface area (Å²) in [4.78, 5) is 29.5. The van der Waals surface area contributed by atoms with E-state index in [1.54, 1.807) is 24.0 Å². The molecule has 1 saturated heterocycles. The van der Waals surface area contributed by atoms with Crippen LogP contribution in [0.4, 0.5) is 0 Å². The average molecular weight is 479 g/mol. The zero-order chi connectivity index (χ0) is 24.2. The molecule has 180 valence electrons. The highest BCUT2D eigenvalue weighted by molar-refractivity contribution is 7.99. The molecule has 0 spiro atoms. The molecule has 0 amide bonds. The second-order valence-corrected chi connectivity index (χ2v) is 10.4. The maximum Gasteiger partial charge on any atom is 0.339 e. The van der Waals surface area contributed by atoms with Crippen molar-refractivity contribution in [1.82, 2.24) is 10.3 Å². The maximum atomic E-state index is 13.6. The fraction of sp³-hybridized carbons (Fsp3) is 0.464. The van der Waals surface area contributed by atoms with E-state index < -0.39 is 0 Å². The summed E-state index contributed by atoms with van der Waals surface area (Å²) in [6.07, 6.45) is 6.00. The maximum absolute atomic E-state index is 13.6. The molecule has 4 rings (SSSR count). The number of carbonyl (C=O) groups is 2. The van der Waals surface area contributed by atoms with Crippen LogP contribution in [0.25, 0.3) is 5.57 Å². The molecule has 1 aromatic heterocycles. The number of carbonyl (C=O) groups excluding carboxylic acids is 2. The van der Waals surface area contributed by atoms with Gasteiger partial charge in [0.2, 0.25) is 0 Å². The SMILES string of the molecule is CCc1cc(C)cc(CC)c1C1=C(C2CN2)CC(CCSc2ccc(C(=O)OC)cn2)CC1=O. The molecule has 5 nitrogen and oxygen atoms in total. The number of thioether (sulfide) groups is 1. The van der Waals surface area contributed by atoms with Crippen molar-refractivity contribution in [2.75, 3.05) is 19.4 Å². The summed E-state index contributed by atoms with van der Waals surface area (Å²) < 4.78 is 4.73. The van der Waals surface area contributed by atoms with Gasteiger partial charge >= 0.3 is 5.97 Å². The van der Waals surface area contributed by atoms with E-state index in [-0.39, 0.29) is 5.97 Å². The minimum Gasteiger partial charge on any atom is -0.465 e. The number of hydrogen-bond acceptors (Lipinski definition) is 6. The second-order valence-electron chi connectivity index (χ2n) is 9.24. The molecule has 34 heavy (non-hydrogen) atoms. The van der Waals surface area contributed by atoms with Crippen molar-refractivity contribution >= 4 is 29.1 Å². The number of ether oxygens (including phenoxy) is 1. The van der Waals surface area contributed by atoms with Gasteiger partial charge in [0.1, 0.15) is 0 Å². The van der Waals surface area contributed by atoms with Crippen LogP contribution in [-0.2, 0) is 22.4 Å². The summed E-state index contributed by atoms with van der Waals surface area (Å²) in [5.41, 5.74) is 7.87. The van der Waals surface area contributed by atoms with Crippen LogP contribution in [0, 0.1) is 12.8 Å². The Hall–Kier alpha value is -2.44. The molecule has 1 fully saturated rings. The number of rotatable bonds is 9. The van der Waals surface area contributed by atoms with Crippen molar-refractivity contribution in [2.24, 2.45) is 5.92 Å². The first-order valence-electron chi connectivity index (χ1n) is 12.2. The quantitative estimate of drug-likeness (QED) is 0.304. The summed E-state index contributed by atoms with van der Waals surface area (Å²) in [7, 11) is 1.37. The molecule has 0 saturated carbocycles. The van der Waals surface area contributed by atoms with Crippen molar-refractivity contribution in [3.8, 4) is 0 Å². The van der Waals surface area contributed by atoms with Crippen LogP contribution in [0.1, 0.15) is 65.7 Å². The number of hydrogen-bond donors (Lipinski definition) is 1. The molecule has 6 heteroatoms. The molecule has 1 N–H and O–H groups in total. The molecule has 0 bridgehead atoms. The zero-order valence-electron chi connectivity index (χ0n) is 20.6. The number of nitrogens with zero attached hydrogens (tertiary/aromatic N) is 1. The van der Waals surface area contributed by atoms with Crippen LogP contribution in [0.3, 0.4) is 0 Å². The van der Waals surface area contributed by atoms with Crippen LogP contribution < -0.4 is 5.32 Å². The number of pyridine rings is 1. The van der Waals surface area contributed by atoms with Crippen LogP contribution in [0.5, 0.6) is 0 Å². The summed E-state index contributed by atoms with van der Waals surface area (Å²) >= 11 is 1.67. The smallest absolute Gasteiger partial charge is 0.339 e. The van der Waals surface area contributed by atoms with E-state index in [4.69, 9.17) is 4.74 Å². The van der Waals surface area contributed by atoms with E-state index in [2.05, 4.69) is 43.2 Å². The van der Waals surface area contributed by atoms with Crippen molar-refractivity contribution in [3.63, 3.8) is 0 Å². The second kappa shape index (κ2) is 10.9. The van der Waals surface area contributed by atoms with Gasteiger partial charge in [-0.15, -0.1) is 11.8 Å². The Bertz CT molecular complexity index is 1080. The van der Waals surface area contributed by atoms with Crippen molar-refractivity contribution in [3.05, 3.63) is 63.9 Å². The number of esters is 1. The lowest BCUT2D eigenvalue weighted by molar-refractivity contribution is -0.115. The van der Waals surface area contributed by atoms with Gasteiger partial charge < -0.3 is 10.1 Å². The summed E-state index contributed by atoms with van der Waals surface area (Å²) in [6.45, 7) is 7.49. The van der Waals surface area contributed by atoms with Gasteiger partial charge in [-0.1, -0.05) is 31.5 Å². The molecular formula is C28H34N2O3S. The zero-order valence-corrected chi connectivity index (χ0v) is 21.4. The van der Waals surface area contributed by atoms with Crippen LogP contribution in [0.2, 0.25) is 0 Å². The number of allylic oxidation sites excluding steroid dienone is 1. The predicted octanol–water partition coefficient (Wildman–Crippen LogP) is 5.19. The first-order chi connectivity index (χ1) is 16.4. The van der Waals surface area contributed by atoms with E-state index in [9.17, 15) is 9.59 Å². The number of benzene rings is 1. The third kappa shape index (κ3) is 5.44. The average Bonchev–Trinajstić information content (AvgIpc) is 3.69. The van der Waals surface area contributed by atoms with Crippen LogP contribution >= 0.6 is 11.8 Å². The van der Waals surface area contributed by atoms with Gasteiger partial charge in [-0.25, -0.2) is 9.78 Å². The van der Waals surface area contributed by atoms with Gasteiger partial charge in [0.05, 0.1) is 17.7 Å². The molecule has 1 aliphatic heterocycles. The molecule has 2 aromatic rings. The van der Waals surface area contributed by atoms with Gasteiger partial charge in [-0.2, -0.15) is 0 Å². The largest absolute Gasteiger partial charge is 0.465 e. The first kappa shape index (κ1) is 24.7. The Morgan fingerprint density at radius 1 is 1.18 bits per heavy atom. The number of nitrogens with one attached hydrogen (secondary N) is 1. The lowest BCUT2D eigenvalue weighted by Gasteiger charge is -2.29. The van der Waals surface area contributed by atoms with Crippen LogP contribution in [0.15, 0.2) is 41.1 Å². The number of ketones is 1. The highest BCUT2D eigenvalue weighted by Gasteiger charge is 2.37. The lowest BCUT2D eigenvalue weighted by Crippen LogP contribution is -2.23. The monoisotopic (exact) mass is 478 g/mol. The standard InChI is InChI=1S/C28H34N2O3S/c1-5-19-11-17(3)12-20(6-2)26(19)27-22(23-16-29-23)13-18(14-24(27)31)9-10-34-25-8-7-21(15-30-25)28(32)33-4/h7-8,11-12,15,18,23,29H,5-6,9-10,13-14,16H2,1-4H3. The predicted molar refractivity (Wildman–Crippen MR) is 137 cm³/mol.